The average molecular weight is 476 g/mol. The van der Waals surface area contributed by atoms with Crippen LogP contribution in [-0.4, -0.2) is 53.8 Å². The van der Waals surface area contributed by atoms with Crippen LogP contribution in [0.25, 0.3) is 33.4 Å². The van der Waals surface area contributed by atoms with E-state index in [-0.39, 0.29) is 5.54 Å². The van der Waals surface area contributed by atoms with Crippen molar-refractivity contribution in [2.75, 3.05) is 32.2 Å². The maximum absolute atomic E-state index is 5.83. The molecule has 4 heterocycles. The number of fused-ring (bicyclic) bond motifs is 2. The van der Waals surface area contributed by atoms with Crippen LogP contribution in [0.3, 0.4) is 0 Å². The Morgan fingerprint density at radius 3 is 2.63 bits per heavy atom. The molecular formula is C27H33N5O3. The fraction of sp³-hybridized carbons (Fsp3) is 0.444. The smallest absolute Gasteiger partial charge is 0.221 e. The summed E-state index contributed by atoms with van der Waals surface area (Å²) in [5.41, 5.74) is 4.91. The Morgan fingerprint density at radius 2 is 1.86 bits per heavy atom. The molecule has 1 aliphatic heterocycles. The van der Waals surface area contributed by atoms with Crippen molar-refractivity contribution < 1.29 is 13.9 Å². The van der Waals surface area contributed by atoms with Crippen molar-refractivity contribution >= 4 is 28.0 Å². The van der Waals surface area contributed by atoms with Gasteiger partial charge in [-0.15, -0.1) is 0 Å². The Kier molecular flexibility index (Phi) is 6.34. The Balaban J connectivity index is 1.41. The lowest BCUT2D eigenvalue weighted by molar-refractivity contribution is 0.161. The van der Waals surface area contributed by atoms with Gasteiger partial charge in [0.25, 0.3) is 0 Å². The van der Waals surface area contributed by atoms with Gasteiger partial charge in [-0.1, -0.05) is 6.92 Å². The molecule has 0 spiro atoms. The number of anilines is 1. The first-order chi connectivity index (χ1) is 16.9. The molecule has 1 N–H and O–H groups in total. The lowest BCUT2D eigenvalue weighted by Gasteiger charge is -2.29. The first-order valence-corrected chi connectivity index (χ1v) is 12.2. The minimum Gasteiger partial charge on any atom is -0.496 e. The molecule has 1 fully saturated rings. The zero-order valence-corrected chi connectivity index (χ0v) is 21.1. The van der Waals surface area contributed by atoms with E-state index < -0.39 is 0 Å². The fourth-order valence-electron chi connectivity index (χ4n) is 4.62. The van der Waals surface area contributed by atoms with Crippen molar-refractivity contribution in [2.24, 2.45) is 0 Å². The topological polar surface area (TPSA) is 85.5 Å². The third-order valence-electron chi connectivity index (χ3n) is 6.82. The van der Waals surface area contributed by atoms with E-state index in [0.717, 1.165) is 59.6 Å². The maximum atomic E-state index is 5.83. The number of nitrogens with zero attached hydrogens (tertiary/aromatic N) is 4. The van der Waals surface area contributed by atoms with Gasteiger partial charge in [0.1, 0.15) is 23.7 Å². The molecule has 0 bridgehead atoms. The van der Waals surface area contributed by atoms with Crippen molar-refractivity contribution in [2.45, 2.75) is 51.8 Å². The molecular weight excluding hydrogens is 442 g/mol. The van der Waals surface area contributed by atoms with E-state index in [4.69, 9.17) is 23.9 Å². The summed E-state index contributed by atoms with van der Waals surface area (Å²) in [6.45, 7) is 9.04. The molecule has 8 nitrogen and oxygen atoms in total. The monoisotopic (exact) mass is 475 g/mol. The second-order valence-electron chi connectivity index (χ2n) is 9.78. The van der Waals surface area contributed by atoms with Gasteiger partial charge in [0, 0.05) is 43.4 Å². The van der Waals surface area contributed by atoms with Gasteiger partial charge in [-0.05, 0) is 57.0 Å². The Morgan fingerprint density at radius 1 is 1.06 bits per heavy atom. The highest BCUT2D eigenvalue weighted by molar-refractivity contribution is 5.86. The maximum Gasteiger partial charge on any atom is 0.221 e. The second-order valence-corrected chi connectivity index (χ2v) is 9.78. The molecule has 0 saturated carbocycles. The van der Waals surface area contributed by atoms with Crippen LogP contribution in [0.1, 0.15) is 39.5 Å². The van der Waals surface area contributed by atoms with Gasteiger partial charge in [-0.25, -0.2) is 15.0 Å². The fourth-order valence-corrected chi connectivity index (χ4v) is 4.62. The molecule has 5 rings (SSSR count). The van der Waals surface area contributed by atoms with Crippen LogP contribution < -0.4 is 15.0 Å². The van der Waals surface area contributed by atoms with Gasteiger partial charge in [0.2, 0.25) is 5.89 Å². The number of oxazole rings is 1. The lowest BCUT2D eigenvalue weighted by Crippen LogP contribution is -2.46. The van der Waals surface area contributed by atoms with Gasteiger partial charge in [0.05, 0.1) is 23.8 Å². The van der Waals surface area contributed by atoms with E-state index in [1.165, 1.54) is 0 Å². The largest absolute Gasteiger partial charge is 0.496 e. The number of methoxy groups -OCH3 is 2. The van der Waals surface area contributed by atoms with Gasteiger partial charge in [-0.2, -0.15) is 0 Å². The highest BCUT2D eigenvalue weighted by Crippen LogP contribution is 2.34. The van der Waals surface area contributed by atoms with E-state index in [9.17, 15) is 0 Å². The molecule has 4 aromatic rings. The number of rotatable bonds is 8. The van der Waals surface area contributed by atoms with Crippen molar-refractivity contribution in [3.8, 4) is 17.0 Å². The van der Waals surface area contributed by atoms with Crippen LogP contribution in [0.15, 0.2) is 40.8 Å². The first kappa shape index (κ1) is 23.5. The average Bonchev–Trinajstić information content (AvgIpc) is 3.48. The van der Waals surface area contributed by atoms with Crippen LogP contribution in [0.2, 0.25) is 0 Å². The second kappa shape index (κ2) is 9.43. The quantitative estimate of drug-likeness (QED) is 0.383. The summed E-state index contributed by atoms with van der Waals surface area (Å²) >= 11 is 0. The zero-order valence-electron chi connectivity index (χ0n) is 21.1. The highest BCUT2D eigenvalue weighted by Gasteiger charge is 2.28. The van der Waals surface area contributed by atoms with Crippen molar-refractivity contribution in [3.63, 3.8) is 0 Å². The Bertz CT molecular complexity index is 1350. The predicted octanol–water partition coefficient (Wildman–Crippen LogP) is 4.95. The Labute approximate surface area is 205 Å². The molecule has 8 heteroatoms. The SMILES string of the molecule is CCC(C)(C)NC1CCN(c2ccc3nc(-c4cc5oc(COC)nc5cc4OC)ccc3n2)C1. The number of ether oxygens (including phenoxy) is 2. The number of nitrogens with one attached hydrogen (secondary N) is 1. The summed E-state index contributed by atoms with van der Waals surface area (Å²) in [4.78, 5) is 16.6. The molecule has 0 amide bonds. The summed E-state index contributed by atoms with van der Waals surface area (Å²) < 4.78 is 16.6. The summed E-state index contributed by atoms with van der Waals surface area (Å²) in [6, 6.07) is 12.4. The minimum atomic E-state index is 0.152. The molecule has 35 heavy (non-hydrogen) atoms. The zero-order chi connectivity index (χ0) is 24.6. The van der Waals surface area contributed by atoms with Crippen LogP contribution in [0, 0.1) is 0 Å². The van der Waals surface area contributed by atoms with E-state index >= 15 is 0 Å². The summed E-state index contributed by atoms with van der Waals surface area (Å²) in [5, 5.41) is 3.79. The summed E-state index contributed by atoms with van der Waals surface area (Å²) in [5.74, 6) is 2.22. The predicted molar refractivity (Wildman–Crippen MR) is 138 cm³/mol. The highest BCUT2D eigenvalue weighted by atomic mass is 16.5. The van der Waals surface area contributed by atoms with Crippen molar-refractivity contribution in [1.29, 1.82) is 0 Å². The molecule has 1 atom stereocenters. The third-order valence-corrected chi connectivity index (χ3v) is 6.82. The Hall–Kier alpha value is -3.23. The molecule has 1 aromatic carbocycles. The number of pyridine rings is 2. The van der Waals surface area contributed by atoms with Crippen LogP contribution in [0.4, 0.5) is 5.82 Å². The first-order valence-electron chi connectivity index (χ1n) is 12.2. The van der Waals surface area contributed by atoms with E-state index in [2.05, 4.69) is 42.0 Å². The van der Waals surface area contributed by atoms with Crippen molar-refractivity contribution in [1.82, 2.24) is 20.3 Å². The van der Waals surface area contributed by atoms with E-state index in [1.807, 2.05) is 30.3 Å². The molecule has 3 aromatic heterocycles. The van der Waals surface area contributed by atoms with Gasteiger partial charge < -0.3 is 24.1 Å². The van der Waals surface area contributed by atoms with Crippen LogP contribution >= 0.6 is 0 Å². The number of benzene rings is 1. The molecule has 1 unspecified atom stereocenters. The van der Waals surface area contributed by atoms with Crippen molar-refractivity contribution in [3.05, 3.63) is 42.3 Å². The lowest BCUT2D eigenvalue weighted by atomic mass is 10.0. The number of hydrogen-bond donors (Lipinski definition) is 1. The van der Waals surface area contributed by atoms with Gasteiger partial charge in [-0.3, -0.25) is 0 Å². The normalized spacial score (nSPS) is 16.5. The molecule has 1 aliphatic rings. The molecule has 0 radical (unpaired) electrons. The van der Waals surface area contributed by atoms with Crippen LogP contribution in [0.5, 0.6) is 5.75 Å². The van der Waals surface area contributed by atoms with E-state index in [0.29, 0.717) is 29.9 Å². The standard InChI is InChI=1S/C27H33N5O3/c1-6-27(2,3)31-17-11-12-32(15-17)25-10-9-20-21(29-25)8-7-19(28-20)18-13-24-22(14-23(18)34-5)30-26(35-24)16-33-4/h7-10,13-14,17,31H,6,11-12,15-16H2,1-5H3. The number of aromatic nitrogens is 3. The molecule has 184 valence electrons. The molecule has 0 aliphatic carbocycles. The van der Waals surface area contributed by atoms with Gasteiger partial charge in [0.15, 0.2) is 5.58 Å². The molecule has 1 saturated heterocycles. The van der Waals surface area contributed by atoms with Gasteiger partial charge >= 0.3 is 0 Å². The van der Waals surface area contributed by atoms with E-state index in [1.54, 1.807) is 14.2 Å². The minimum absolute atomic E-state index is 0.152. The summed E-state index contributed by atoms with van der Waals surface area (Å²) in [6.07, 6.45) is 2.23. The summed E-state index contributed by atoms with van der Waals surface area (Å²) in [7, 11) is 3.26. The number of hydrogen-bond acceptors (Lipinski definition) is 8. The third kappa shape index (κ3) is 4.81. The van der Waals surface area contributed by atoms with Crippen LogP contribution in [-0.2, 0) is 11.3 Å².